The minimum absolute atomic E-state index is 0.0510. The van der Waals surface area contributed by atoms with E-state index in [9.17, 15) is 13.2 Å². The van der Waals surface area contributed by atoms with E-state index in [2.05, 4.69) is 5.32 Å². The molecule has 0 unspecified atom stereocenters. The van der Waals surface area contributed by atoms with Crippen LogP contribution in [0.15, 0.2) is 47.4 Å². The fourth-order valence-corrected chi connectivity index (χ4v) is 4.06. The molecule has 5 nitrogen and oxygen atoms in total. The summed E-state index contributed by atoms with van der Waals surface area (Å²) in [6, 6.07) is 11.6. The third-order valence-electron chi connectivity index (χ3n) is 4.38. The van der Waals surface area contributed by atoms with Crippen LogP contribution >= 0.6 is 11.6 Å². The number of aryl methyl sites for hydroxylation is 1. The zero-order valence-electron chi connectivity index (χ0n) is 14.0. The van der Waals surface area contributed by atoms with Gasteiger partial charge in [0.15, 0.2) is 0 Å². The van der Waals surface area contributed by atoms with Crippen LogP contribution in [0.5, 0.6) is 0 Å². The number of hydrogen-bond acceptors (Lipinski definition) is 3. The summed E-state index contributed by atoms with van der Waals surface area (Å²) in [4.78, 5) is 12.6. The van der Waals surface area contributed by atoms with Crippen LogP contribution in [0.3, 0.4) is 0 Å². The Labute approximate surface area is 152 Å². The molecule has 0 spiro atoms. The van der Waals surface area contributed by atoms with Crippen LogP contribution < -0.4 is 5.32 Å². The highest BCUT2D eigenvalue weighted by Crippen LogP contribution is 2.33. The highest BCUT2D eigenvalue weighted by molar-refractivity contribution is 7.89. The zero-order chi connectivity index (χ0) is 18.2. The fourth-order valence-electron chi connectivity index (χ4n) is 2.97. The van der Waals surface area contributed by atoms with Crippen molar-refractivity contribution in [3.63, 3.8) is 0 Å². The van der Waals surface area contributed by atoms with Crippen molar-refractivity contribution < 1.29 is 13.2 Å². The van der Waals surface area contributed by atoms with Gasteiger partial charge in [-0.05, 0) is 60.4 Å². The molecule has 1 atom stereocenters. The highest BCUT2D eigenvalue weighted by Gasteiger charge is 2.25. The van der Waals surface area contributed by atoms with Crippen molar-refractivity contribution in [2.45, 2.75) is 23.8 Å². The predicted molar refractivity (Wildman–Crippen MR) is 97.3 cm³/mol. The molecule has 1 amide bonds. The number of halogens is 1. The molecular formula is C18H19ClN2O3S. The van der Waals surface area contributed by atoms with E-state index in [4.69, 9.17) is 11.6 Å². The Kier molecular flexibility index (Phi) is 4.86. The van der Waals surface area contributed by atoms with Gasteiger partial charge in [-0.3, -0.25) is 4.79 Å². The van der Waals surface area contributed by atoms with E-state index in [-0.39, 0.29) is 16.8 Å². The fraction of sp³-hybridized carbons (Fsp3) is 0.278. The summed E-state index contributed by atoms with van der Waals surface area (Å²) in [7, 11) is -0.553. The van der Waals surface area contributed by atoms with Gasteiger partial charge in [0.1, 0.15) is 0 Å². The monoisotopic (exact) mass is 378 g/mol. The molecular weight excluding hydrogens is 360 g/mol. The van der Waals surface area contributed by atoms with Gasteiger partial charge in [0.2, 0.25) is 10.0 Å². The van der Waals surface area contributed by atoms with Crippen LogP contribution in [0.1, 0.15) is 33.9 Å². The molecule has 0 heterocycles. The van der Waals surface area contributed by atoms with E-state index in [1.54, 1.807) is 0 Å². The number of carbonyl (C=O) groups excluding carboxylic acids is 1. The molecule has 0 radical (unpaired) electrons. The van der Waals surface area contributed by atoms with Crippen LogP contribution in [0.4, 0.5) is 0 Å². The molecule has 1 N–H and O–H groups in total. The SMILES string of the molecule is CN(C)S(=O)(=O)c1ccc(C(=O)N[C@@H]2CCc3cc(Cl)ccc32)cc1. The second-order valence-electron chi connectivity index (χ2n) is 6.22. The number of fused-ring (bicyclic) bond motifs is 1. The van der Waals surface area contributed by atoms with Crippen molar-refractivity contribution in [1.29, 1.82) is 0 Å². The summed E-state index contributed by atoms with van der Waals surface area (Å²) in [5.74, 6) is -0.221. The highest BCUT2D eigenvalue weighted by atomic mass is 35.5. The van der Waals surface area contributed by atoms with Crippen molar-refractivity contribution in [1.82, 2.24) is 9.62 Å². The number of carbonyl (C=O) groups is 1. The van der Waals surface area contributed by atoms with E-state index in [1.165, 1.54) is 38.4 Å². The van der Waals surface area contributed by atoms with Crippen LogP contribution in [0.25, 0.3) is 0 Å². The van der Waals surface area contributed by atoms with Crippen molar-refractivity contribution in [3.8, 4) is 0 Å². The minimum Gasteiger partial charge on any atom is -0.345 e. The van der Waals surface area contributed by atoms with Gasteiger partial charge in [-0.2, -0.15) is 0 Å². The number of hydrogen-bond donors (Lipinski definition) is 1. The molecule has 0 bridgehead atoms. The van der Waals surface area contributed by atoms with Crippen molar-refractivity contribution in [3.05, 3.63) is 64.2 Å². The number of amides is 1. The number of sulfonamides is 1. The predicted octanol–water partition coefficient (Wildman–Crippen LogP) is 3.01. The van der Waals surface area contributed by atoms with E-state index in [1.807, 2.05) is 18.2 Å². The number of benzene rings is 2. The standard InChI is InChI=1S/C18H19ClN2O3S/c1-21(2)25(23,24)15-7-3-12(4-8-15)18(22)20-17-10-5-13-11-14(19)6-9-16(13)17/h3-4,6-9,11,17H,5,10H2,1-2H3,(H,20,22)/t17-/m1/s1. The number of nitrogens with zero attached hydrogens (tertiary/aromatic N) is 1. The van der Waals surface area contributed by atoms with E-state index in [0.717, 1.165) is 28.3 Å². The first-order chi connectivity index (χ1) is 11.8. The maximum atomic E-state index is 12.5. The van der Waals surface area contributed by atoms with Gasteiger partial charge in [0, 0.05) is 24.7 Å². The summed E-state index contributed by atoms with van der Waals surface area (Å²) in [6.07, 6.45) is 1.70. The zero-order valence-corrected chi connectivity index (χ0v) is 15.6. The largest absolute Gasteiger partial charge is 0.345 e. The van der Waals surface area contributed by atoms with Crippen molar-refractivity contribution in [2.75, 3.05) is 14.1 Å². The first kappa shape index (κ1) is 17.9. The Morgan fingerprint density at radius 3 is 2.48 bits per heavy atom. The summed E-state index contributed by atoms with van der Waals surface area (Å²) in [5.41, 5.74) is 2.68. The van der Waals surface area contributed by atoms with Gasteiger partial charge < -0.3 is 5.32 Å². The average Bonchev–Trinajstić information content (AvgIpc) is 2.96. The first-order valence-electron chi connectivity index (χ1n) is 7.91. The Bertz CT molecular complexity index is 908. The Hall–Kier alpha value is -1.89. The third kappa shape index (κ3) is 3.56. The molecule has 132 valence electrons. The van der Waals surface area contributed by atoms with Gasteiger partial charge in [0.05, 0.1) is 10.9 Å². The molecule has 0 fully saturated rings. The Balaban J connectivity index is 1.75. The summed E-state index contributed by atoms with van der Waals surface area (Å²) in [5, 5.41) is 3.71. The maximum Gasteiger partial charge on any atom is 0.251 e. The third-order valence-corrected chi connectivity index (χ3v) is 6.45. The molecule has 0 saturated heterocycles. The molecule has 2 aromatic rings. The Morgan fingerprint density at radius 1 is 1.16 bits per heavy atom. The Morgan fingerprint density at radius 2 is 1.84 bits per heavy atom. The van der Waals surface area contributed by atoms with Crippen molar-refractivity contribution in [2.24, 2.45) is 0 Å². The molecule has 1 aliphatic rings. The molecule has 0 saturated carbocycles. The van der Waals surface area contributed by atoms with Gasteiger partial charge in [0.25, 0.3) is 5.91 Å². The normalized spacial score (nSPS) is 16.7. The number of rotatable bonds is 4. The topological polar surface area (TPSA) is 66.5 Å². The van der Waals surface area contributed by atoms with E-state index >= 15 is 0 Å². The quantitative estimate of drug-likeness (QED) is 0.889. The second-order valence-corrected chi connectivity index (χ2v) is 8.81. The molecule has 0 aromatic heterocycles. The summed E-state index contributed by atoms with van der Waals surface area (Å²) < 4.78 is 25.3. The van der Waals surface area contributed by atoms with Crippen LogP contribution in [-0.2, 0) is 16.4 Å². The lowest BCUT2D eigenvalue weighted by molar-refractivity contribution is 0.0936. The smallest absolute Gasteiger partial charge is 0.251 e. The van der Waals surface area contributed by atoms with Crippen LogP contribution in [-0.4, -0.2) is 32.7 Å². The lowest BCUT2D eigenvalue weighted by atomic mass is 10.1. The van der Waals surface area contributed by atoms with Crippen LogP contribution in [0, 0.1) is 0 Å². The van der Waals surface area contributed by atoms with Gasteiger partial charge in [-0.15, -0.1) is 0 Å². The summed E-state index contributed by atoms with van der Waals surface area (Å²) >= 11 is 6.01. The van der Waals surface area contributed by atoms with E-state index in [0.29, 0.717) is 10.6 Å². The van der Waals surface area contributed by atoms with E-state index < -0.39 is 10.0 Å². The molecule has 0 aliphatic heterocycles. The van der Waals surface area contributed by atoms with Gasteiger partial charge in [-0.25, -0.2) is 12.7 Å². The van der Waals surface area contributed by atoms with Crippen LogP contribution in [0.2, 0.25) is 5.02 Å². The lowest BCUT2D eigenvalue weighted by Crippen LogP contribution is -2.27. The first-order valence-corrected chi connectivity index (χ1v) is 9.72. The number of nitrogens with one attached hydrogen (secondary N) is 1. The average molecular weight is 379 g/mol. The van der Waals surface area contributed by atoms with Gasteiger partial charge >= 0.3 is 0 Å². The molecule has 2 aromatic carbocycles. The molecule has 3 rings (SSSR count). The molecule has 7 heteroatoms. The minimum atomic E-state index is -3.50. The lowest BCUT2D eigenvalue weighted by Gasteiger charge is -2.15. The molecule has 1 aliphatic carbocycles. The maximum absolute atomic E-state index is 12.5. The van der Waals surface area contributed by atoms with Gasteiger partial charge in [-0.1, -0.05) is 17.7 Å². The second kappa shape index (κ2) is 6.78. The van der Waals surface area contributed by atoms with Crippen molar-refractivity contribution >= 4 is 27.5 Å². The summed E-state index contributed by atoms with van der Waals surface area (Å²) in [6.45, 7) is 0. The molecule has 25 heavy (non-hydrogen) atoms.